The van der Waals surface area contributed by atoms with Gasteiger partial charge in [-0.05, 0) is 36.2 Å². The van der Waals surface area contributed by atoms with Gasteiger partial charge in [0.2, 0.25) is 5.91 Å². The minimum atomic E-state index is -0.0974. The Kier molecular flexibility index (Phi) is 7.17. The molecule has 0 aliphatic carbocycles. The molecule has 1 fully saturated rings. The predicted octanol–water partition coefficient (Wildman–Crippen LogP) is 2.63. The molecule has 0 radical (unpaired) electrons. The van der Waals surface area contributed by atoms with E-state index in [4.69, 9.17) is 14.2 Å². The van der Waals surface area contributed by atoms with Crippen molar-refractivity contribution in [1.29, 1.82) is 0 Å². The van der Waals surface area contributed by atoms with Crippen LogP contribution in [0, 0.1) is 0 Å². The van der Waals surface area contributed by atoms with Gasteiger partial charge in [0.1, 0.15) is 17.2 Å². The number of carbonyl (C=O) groups is 2. The highest BCUT2D eigenvalue weighted by atomic mass is 16.5. The fourth-order valence-corrected chi connectivity index (χ4v) is 3.51. The highest BCUT2D eigenvalue weighted by Crippen LogP contribution is 2.26. The lowest BCUT2D eigenvalue weighted by molar-refractivity contribution is -0.132. The Balaban J connectivity index is 1.52. The summed E-state index contributed by atoms with van der Waals surface area (Å²) in [4.78, 5) is 29.1. The first-order valence-electron chi connectivity index (χ1n) is 9.97. The van der Waals surface area contributed by atoms with Crippen molar-refractivity contribution in [2.24, 2.45) is 0 Å². The van der Waals surface area contributed by atoms with Gasteiger partial charge in [0, 0.05) is 38.7 Å². The third kappa shape index (κ3) is 5.03. The number of carbonyl (C=O) groups excluding carboxylic acids is 2. The molecule has 0 aromatic heterocycles. The minimum absolute atomic E-state index is 0.0974. The Hall–Kier alpha value is -3.22. The van der Waals surface area contributed by atoms with Crippen molar-refractivity contribution in [1.82, 2.24) is 9.80 Å². The molecule has 0 unspecified atom stereocenters. The summed E-state index contributed by atoms with van der Waals surface area (Å²) in [7, 11) is 4.74. The zero-order valence-corrected chi connectivity index (χ0v) is 17.7. The quantitative estimate of drug-likeness (QED) is 0.699. The van der Waals surface area contributed by atoms with Crippen LogP contribution in [0.1, 0.15) is 22.3 Å². The number of amides is 2. The summed E-state index contributed by atoms with van der Waals surface area (Å²) in [6.07, 6.45) is 1.14. The number of piperazine rings is 1. The maximum Gasteiger partial charge on any atom is 0.257 e. The first-order valence-corrected chi connectivity index (χ1v) is 9.97. The van der Waals surface area contributed by atoms with Gasteiger partial charge in [-0.3, -0.25) is 9.59 Å². The van der Waals surface area contributed by atoms with E-state index in [2.05, 4.69) is 0 Å². The second kappa shape index (κ2) is 10.0. The normalized spacial score (nSPS) is 13.7. The van der Waals surface area contributed by atoms with Crippen molar-refractivity contribution in [3.8, 4) is 17.2 Å². The van der Waals surface area contributed by atoms with Gasteiger partial charge in [0.25, 0.3) is 5.91 Å². The zero-order valence-electron chi connectivity index (χ0n) is 17.7. The smallest absolute Gasteiger partial charge is 0.257 e. The van der Waals surface area contributed by atoms with E-state index in [0.29, 0.717) is 56.1 Å². The van der Waals surface area contributed by atoms with Gasteiger partial charge in [-0.15, -0.1) is 0 Å². The van der Waals surface area contributed by atoms with E-state index >= 15 is 0 Å². The SMILES string of the molecule is COc1ccc(CCC(=O)N2CCN(C(=O)c3ccc(OC)cc3OC)CC2)cc1. The number of benzene rings is 2. The molecular formula is C23H28N2O5. The molecule has 2 amide bonds. The summed E-state index contributed by atoms with van der Waals surface area (Å²) in [5.41, 5.74) is 1.60. The van der Waals surface area contributed by atoms with Crippen molar-refractivity contribution in [3.05, 3.63) is 53.6 Å². The molecule has 0 spiro atoms. The highest BCUT2D eigenvalue weighted by molar-refractivity contribution is 5.97. The van der Waals surface area contributed by atoms with Gasteiger partial charge in [-0.2, -0.15) is 0 Å². The largest absolute Gasteiger partial charge is 0.497 e. The Morgan fingerprint density at radius 3 is 2.00 bits per heavy atom. The van der Waals surface area contributed by atoms with Gasteiger partial charge in [0.05, 0.1) is 26.9 Å². The number of nitrogens with zero attached hydrogens (tertiary/aromatic N) is 2. The summed E-state index contributed by atoms with van der Waals surface area (Å²) in [6, 6.07) is 12.9. The van der Waals surface area contributed by atoms with Gasteiger partial charge in [-0.1, -0.05) is 12.1 Å². The maximum atomic E-state index is 12.9. The Bertz CT molecular complexity index is 874. The molecule has 0 atom stereocenters. The van der Waals surface area contributed by atoms with Crippen LogP contribution in [0.5, 0.6) is 17.2 Å². The Morgan fingerprint density at radius 2 is 1.40 bits per heavy atom. The molecule has 0 saturated carbocycles. The number of aryl methyl sites for hydroxylation is 1. The zero-order chi connectivity index (χ0) is 21.5. The number of hydrogen-bond acceptors (Lipinski definition) is 5. The third-order valence-corrected chi connectivity index (χ3v) is 5.35. The molecule has 1 aliphatic heterocycles. The molecule has 1 heterocycles. The second-order valence-corrected chi connectivity index (χ2v) is 7.09. The molecule has 2 aromatic rings. The standard InChI is InChI=1S/C23H28N2O5/c1-28-18-7-4-17(5-8-18)6-11-22(26)24-12-14-25(15-13-24)23(27)20-10-9-19(29-2)16-21(20)30-3/h4-5,7-10,16H,6,11-15H2,1-3H3. The van der Waals surface area contributed by atoms with Crippen molar-refractivity contribution in [3.63, 3.8) is 0 Å². The van der Waals surface area contributed by atoms with E-state index in [1.807, 2.05) is 29.2 Å². The summed E-state index contributed by atoms with van der Waals surface area (Å²) < 4.78 is 15.7. The fourth-order valence-electron chi connectivity index (χ4n) is 3.51. The summed E-state index contributed by atoms with van der Waals surface area (Å²) in [5.74, 6) is 1.94. The molecule has 3 rings (SSSR count). The molecule has 1 saturated heterocycles. The lowest BCUT2D eigenvalue weighted by Crippen LogP contribution is -2.50. The summed E-state index contributed by atoms with van der Waals surface area (Å²) in [5, 5.41) is 0. The van der Waals surface area contributed by atoms with E-state index < -0.39 is 0 Å². The van der Waals surface area contributed by atoms with Crippen molar-refractivity contribution in [2.45, 2.75) is 12.8 Å². The molecule has 0 N–H and O–H groups in total. The van der Waals surface area contributed by atoms with Gasteiger partial charge >= 0.3 is 0 Å². The van der Waals surface area contributed by atoms with E-state index in [1.165, 1.54) is 7.11 Å². The minimum Gasteiger partial charge on any atom is -0.497 e. The molecule has 30 heavy (non-hydrogen) atoms. The van der Waals surface area contributed by atoms with E-state index in [1.54, 1.807) is 37.3 Å². The topological polar surface area (TPSA) is 68.3 Å². The van der Waals surface area contributed by atoms with Gasteiger partial charge in [-0.25, -0.2) is 0 Å². The average molecular weight is 412 g/mol. The van der Waals surface area contributed by atoms with E-state index in [9.17, 15) is 9.59 Å². The van der Waals surface area contributed by atoms with Crippen LogP contribution in [0.2, 0.25) is 0 Å². The Morgan fingerprint density at radius 1 is 0.800 bits per heavy atom. The van der Waals surface area contributed by atoms with Gasteiger partial charge < -0.3 is 24.0 Å². The molecular weight excluding hydrogens is 384 g/mol. The molecule has 160 valence electrons. The number of rotatable bonds is 7. The van der Waals surface area contributed by atoms with Crippen LogP contribution in [-0.2, 0) is 11.2 Å². The number of ether oxygens (including phenoxy) is 3. The predicted molar refractivity (Wildman–Crippen MR) is 113 cm³/mol. The number of methoxy groups -OCH3 is 3. The first kappa shape index (κ1) is 21.5. The Labute approximate surface area is 177 Å². The molecule has 7 heteroatoms. The van der Waals surface area contributed by atoms with Gasteiger partial charge in [0.15, 0.2) is 0 Å². The van der Waals surface area contributed by atoms with Crippen molar-refractivity contribution in [2.75, 3.05) is 47.5 Å². The molecule has 0 bridgehead atoms. The second-order valence-electron chi connectivity index (χ2n) is 7.09. The van der Waals surface area contributed by atoms with Crippen LogP contribution >= 0.6 is 0 Å². The average Bonchev–Trinajstić information content (AvgIpc) is 2.82. The van der Waals surface area contributed by atoms with E-state index in [-0.39, 0.29) is 11.8 Å². The maximum absolute atomic E-state index is 12.9. The summed E-state index contributed by atoms with van der Waals surface area (Å²) >= 11 is 0. The molecule has 2 aromatic carbocycles. The lowest BCUT2D eigenvalue weighted by Gasteiger charge is -2.35. The third-order valence-electron chi connectivity index (χ3n) is 5.35. The monoisotopic (exact) mass is 412 g/mol. The van der Waals surface area contributed by atoms with Crippen LogP contribution in [0.15, 0.2) is 42.5 Å². The van der Waals surface area contributed by atoms with Crippen LogP contribution < -0.4 is 14.2 Å². The van der Waals surface area contributed by atoms with Crippen LogP contribution in [-0.4, -0.2) is 69.1 Å². The summed E-state index contributed by atoms with van der Waals surface area (Å²) in [6.45, 7) is 2.07. The first-order chi connectivity index (χ1) is 14.5. The highest BCUT2D eigenvalue weighted by Gasteiger charge is 2.26. The van der Waals surface area contributed by atoms with Crippen LogP contribution in [0.4, 0.5) is 0 Å². The van der Waals surface area contributed by atoms with Crippen LogP contribution in [0.25, 0.3) is 0 Å². The molecule has 1 aliphatic rings. The van der Waals surface area contributed by atoms with E-state index in [0.717, 1.165) is 11.3 Å². The van der Waals surface area contributed by atoms with Crippen molar-refractivity contribution < 1.29 is 23.8 Å². The van der Waals surface area contributed by atoms with Crippen LogP contribution in [0.3, 0.4) is 0 Å². The fraction of sp³-hybridized carbons (Fsp3) is 0.391. The molecule has 7 nitrogen and oxygen atoms in total. The lowest BCUT2D eigenvalue weighted by atomic mass is 10.1. The number of hydrogen-bond donors (Lipinski definition) is 0. The van der Waals surface area contributed by atoms with Crippen molar-refractivity contribution >= 4 is 11.8 Å².